The molecule has 0 bridgehead atoms. The summed E-state index contributed by atoms with van der Waals surface area (Å²) in [6.07, 6.45) is 3.01. The largest absolute Gasteiger partial charge is 0.481 e. The number of amides is 1. The van der Waals surface area contributed by atoms with Gasteiger partial charge in [0.2, 0.25) is 0 Å². The summed E-state index contributed by atoms with van der Waals surface area (Å²) in [5.41, 5.74) is 0.599. The lowest BCUT2D eigenvalue weighted by atomic mass is 10.3. The molecular weight excluding hydrogens is 318 g/mol. The highest BCUT2D eigenvalue weighted by Gasteiger charge is 2.14. The van der Waals surface area contributed by atoms with Crippen molar-refractivity contribution < 1.29 is 9.53 Å². The van der Waals surface area contributed by atoms with Crippen LogP contribution >= 0.6 is 0 Å². The number of benzene rings is 1. The Balaban J connectivity index is 1.57. The van der Waals surface area contributed by atoms with E-state index in [0.717, 1.165) is 5.39 Å². The summed E-state index contributed by atoms with van der Waals surface area (Å²) in [6.45, 7) is 2.46. The Labute approximate surface area is 145 Å². The Morgan fingerprint density at radius 2 is 1.88 bits per heavy atom. The first-order valence-corrected chi connectivity index (χ1v) is 8.20. The fraction of sp³-hybridized carbons (Fsp3) is 0.263. The Bertz CT molecular complexity index is 928. The third kappa shape index (κ3) is 3.74. The smallest absolute Gasteiger partial charge is 0.275 e. The maximum Gasteiger partial charge on any atom is 0.275 e. The van der Waals surface area contributed by atoms with Crippen molar-refractivity contribution in [2.24, 2.45) is 7.05 Å². The second kappa shape index (κ2) is 7.25. The number of aryl methyl sites for hydroxylation is 1. The van der Waals surface area contributed by atoms with Gasteiger partial charge in [-0.05, 0) is 31.2 Å². The molecule has 0 aliphatic rings. The number of carbonyl (C=O) groups excluding carboxylic acids is 1. The van der Waals surface area contributed by atoms with Gasteiger partial charge in [0.15, 0.2) is 6.10 Å². The van der Waals surface area contributed by atoms with Crippen molar-refractivity contribution in [3.05, 3.63) is 65.2 Å². The molecule has 0 aliphatic heterocycles. The molecule has 1 aromatic carbocycles. The molecule has 130 valence electrons. The minimum Gasteiger partial charge on any atom is -0.481 e. The fourth-order valence-corrected chi connectivity index (χ4v) is 2.71. The predicted molar refractivity (Wildman–Crippen MR) is 96.7 cm³/mol. The molecule has 6 heteroatoms. The van der Waals surface area contributed by atoms with Crippen LogP contribution in [-0.2, 0) is 18.4 Å². The van der Waals surface area contributed by atoms with Crippen LogP contribution in [0.5, 0.6) is 5.75 Å². The Hall–Kier alpha value is -3.02. The van der Waals surface area contributed by atoms with Crippen LogP contribution in [0, 0.1) is 0 Å². The number of hydrogen-bond acceptors (Lipinski definition) is 3. The van der Waals surface area contributed by atoms with E-state index in [4.69, 9.17) is 4.74 Å². The average Bonchev–Trinajstić information content (AvgIpc) is 2.99. The van der Waals surface area contributed by atoms with Crippen molar-refractivity contribution in [3.8, 4) is 5.75 Å². The van der Waals surface area contributed by atoms with Gasteiger partial charge in [0, 0.05) is 37.9 Å². The van der Waals surface area contributed by atoms with Crippen LogP contribution in [0.15, 0.2) is 59.7 Å². The Morgan fingerprint density at radius 3 is 2.64 bits per heavy atom. The second-order valence-electron chi connectivity index (χ2n) is 5.91. The van der Waals surface area contributed by atoms with Gasteiger partial charge < -0.3 is 19.2 Å². The van der Waals surface area contributed by atoms with Crippen LogP contribution in [-0.4, -0.2) is 27.7 Å². The Kier molecular flexibility index (Phi) is 4.88. The van der Waals surface area contributed by atoms with Crippen molar-refractivity contribution >= 4 is 16.8 Å². The summed E-state index contributed by atoms with van der Waals surface area (Å²) in [7, 11) is 1.85. The Morgan fingerprint density at radius 1 is 1.16 bits per heavy atom. The van der Waals surface area contributed by atoms with Crippen molar-refractivity contribution in [2.45, 2.75) is 19.6 Å². The number of nitrogens with zero attached hydrogens (tertiary/aromatic N) is 2. The number of fused-ring (bicyclic) bond motifs is 1. The highest BCUT2D eigenvalue weighted by atomic mass is 16.5. The molecule has 6 nitrogen and oxygen atoms in total. The normalized spacial score (nSPS) is 12.1. The van der Waals surface area contributed by atoms with Gasteiger partial charge in [-0.2, -0.15) is 0 Å². The van der Waals surface area contributed by atoms with Gasteiger partial charge in [0.1, 0.15) is 11.3 Å². The number of aromatic nitrogens is 2. The van der Waals surface area contributed by atoms with Gasteiger partial charge in [0.05, 0.1) is 0 Å². The predicted octanol–water partition coefficient (Wildman–Crippen LogP) is 1.92. The van der Waals surface area contributed by atoms with E-state index in [2.05, 4.69) is 5.32 Å². The van der Waals surface area contributed by atoms with Crippen LogP contribution in [0.4, 0.5) is 0 Å². The van der Waals surface area contributed by atoms with Gasteiger partial charge in [-0.25, -0.2) is 0 Å². The number of pyridine rings is 1. The fourth-order valence-electron chi connectivity index (χ4n) is 2.71. The third-order valence-electron chi connectivity index (χ3n) is 4.08. The molecule has 1 N–H and O–H groups in total. The zero-order valence-corrected chi connectivity index (χ0v) is 14.3. The minimum absolute atomic E-state index is 0.0622. The lowest BCUT2D eigenvalue weighted by molar-refractivity contribution is -0.127. The number of para-hydroxylation sites is 1. The van der Waals surface area contributed by atoms with Crippen LogP contribution < -0.4 is 15.6 Å². The van der Waals surface area contributed by atoms with Crippen LogP contribution in [0.25, 0.3) is 10.9 Å². The standard InChI is InChI=1S/C19H21N3O3/c1-14(25-16-6-4-3-5-7-16)18(23)20-10-13-22-12-9-15-8-11-21(2)17(15)19(22)24/h3-9,11-12,14H,10,13H2,1-2H3,(H,20,23)/t14-/m1/s1. The zero-order valence-electron chi connectivity index (χ0n) is 14.3. The van der Waals surface area contributed by atoms with Crippen molar-refractivity contribution in [1.82, 2.24) is 14.5 Å². The molecule has 0 saturated carbocycles. The van der Waals surface area contributed by atoms with E-state index in [-0.39, 0.29) is 11.5 Å². The molecule has 0 fully saturated rings. The van der Waals surface area contributed by atoms with E-state index < -0.39 is 6.10 Å². The second-order valence-corrected chi connectivity index (χ2v) is 5.91. The molecule has 0 spiro atoms. The molecule has 25 heavy (non-hydrogen) atoms. The van der Waals surface area contributed by atoms with Gasteiger partial charge in [-0.15, -0.1) is 0 Å². The number of carbonyl (C=O) groups is 1. The molecule has 0 unspecified atom stereocenters. The quantitative estimate of drug-likeness (QED) is 0.746. The van der Waals surface area contributed by atoms with Crippen molar-refractivity contribution in [1.29, 1.82) is 0 Å². The van der Waals surface area contributed by atoms with Gasteiger partial charge in [-0.3, -0.25) is 9.59 Å². The van der Waals surface area contributed by atoms with E-state index in [0.29, 0.717) is 24.4 Å². The number of rotatable bonds is 6. The summed E-state index contributed by atoms with van der Waals surface area (Å²) >= 11 is 0. The molecule has 1 atom stereocenters. The SMILES string of the molecule is C[C@@H](Oc1ccccc1)C(=O)NCCn1ccc2ccn(C)c2c1=O. The van der Waals surface area contributed by atoms with Crippen molar-refractivity contribution in [2.75, 3.05) is 6.54 Å². The van der Waals surface area contributed by atoms with E-state index in [9.17, 15) is 9.59 Å². The molecule has 2 aromatic heterocycles. The molecular formula is C19H21N3O3. The third-order valence-corrected chi connectivity index (χ3v) is 4.08. The molecule has 3 aromatic rings. The minimum atomic E-state index is -0.602. The molecule has 1 amide bonds. The molecule has 2 heterocycles. The summed E-state index contributed by atoms with van der Waals surface area (Å²) in [4.78, 5) is 24.6. The monoisotopic (exact) mass is 339 g/mol. The van der Waals surface area contributed by atoms with E-state index in [1.165, 1.54) is 0 Å². The van der Waals surface area contributed by atoms with Crippen molar-refractivity contribution in [3.63, 3.8) is 0 Å². The van der Waals surface area contributed by atoms with Gasteiger partial charge in [0.25, 0.3) is 11.5 Å². The van der Waals surface area contributed by atoms with Crippen LogP contribution in [0.2, 0.25) is 0 Å². The summed E-state index contributed by atoms with van der Waals surface area (Å²) in [5, 5.41) is 3.72. The summed E-state index contributed by atoms with van der Waals surface area (Å²) < 4.78 is 8.99. The highest BCUT2D eigenvalue weighted by molar-refractivity contribution is 5.80. The number of nitrogens with one attached hydrogen (secondary N) is 1. The van der Waals surface area contributed by atoms with Crippen LogP contribution in [0.3, 0.4) is 0 Å². The number of ether oxygens (including phenoxy) is 1. The topological polar surface area (TPSA) is 65.3 Å². The maximum absolute atomic E-state index is 12.5. The number of hydrogen-bond donors (Lipinski definition) is 1. The first-order valence-electron chi connectivity index (χ1n) is 8.20. The van der Waals surface area contributed by atoms with E-state index in [1.54, 1.807) is 29.8 Å². The summed E-state index contributed by atoms with van der Waals surface area (Å²) in [5.74, 6) is 0.437. The van der Waals surface area contributed by atoms with Gasteiger partial charge >= 0.3 is 0 Å². The summed E-state index contributed by atoms with van der Waals surface area (Å²) in [6, 6.07) is 13.0. The van der Waals surface area contributed by atoms with E-state index >= 15 is 0 Å². The van der Waals surface area contributed by atoms with Gasteiger partial charge in [-0.1, -0.05) is 18.2 Å². The molecule has 0 radical (unpaired) electrons. The van der Waals surface area contributed by atoms with E-state index in [1.807, 2.05) is 48.1 Å². The first-order chi connectivity index (χ1) is 12.1. The zero-order chi connectivity index (χ0) is 17.8. The average molecular weight is 339 g/mol. The highest BCUT2D eigenvalue weighted by Crippen LogP contribution is 2.11. The molecule has 0 aliphatic carbocycles. The maximum atomic E-state index is 12.5. The first kappa shape index (κ1) is 16.8. The lowest BCUT2D eigenvalue weighted by Gasteiger charge is -2.15. The lowest BCUT2D eigenvalue weighted by Crippen LogP contribution is -2.38. The molecule has 3 rings (SSSR count). The molecule has 0 saturated heterocycles. The van der Waals surface area contributed by atoms with Crippen LogP contribution in [0.1, 0.15) is 6.92 Å².